The lowest BCUT2D eigenvalue weighted by Gasteiger charge is -2.26. The van der Waals surface area contributed by atoms with Crippen molar-refractivity contribution in [3.63, 3.8) is 0 Å². The minimum absolute atomic E-state index is 0.0492. The van der Waals surface area contributed by atoms with E-state index in [2.05, 4.69) is 5.32 Å². The topological polar surface area (TPSA) is 58.6 Å². The van der Waals surface area contributed by atoms with Gasteiger partial charge in [0.1, 0.15) is 0 Å². The van der Waals surface area contributed by atoms with Gasteiger partial charge in [0.2, 0.25) is 5.91 Å². The summed E-state index contributed by atoms with van der Waals surface area (Å²) in [6.07, 6.45) is 9.98. The molecule has 0 aromatic carbocycles. The SMILES string of the molecule is O=C(CCC1CCCO1)NCC1(O)CCCCCC1. The van der Waals surface area contributed by atoms with E-state index in [4.69, 9.17) is 4.74 Å². The number of hydrogen-bond donors (Lipinski definition) is 2. The molecule has 0 spiro atoms. The molecule has 2 N–H and O–H groups in total. The lowest BCUT2D eigenvalue weighted by atomic mass is 9.94. The predicted octanol–water partition coefficient (Wildman–Crippen LogP) is 2.15. The van der Waals surface area contributed by atoms with Crippen LogP contribution in [0, 0.1) is 0 Å². The normalized spacial score (nSPS) is 26.9. The van der Waals surface area contributed by atoms with E-state index in [1.807, 2.05) is 0 Å². The van der Waals surface area contributed by atoms with Gasteiger partial charge in [0.25, 0.3) is 0 Å². The Hall–Kier alpha value is -0.610. The molecule has 2 rings (SSSR count). The third kappa shape index (κ3) is 5.11. The van der Waals surface area contributed by atoms with E-state index in [0.29, 0.717) is 13.0 Å². The second-order valence-corrected chi connectivity index (χ2v) is 6.09. The Labute approximate surface area is 115 Å². The Bertz CT molecular complexity index is 279. The number of carbonyl (C=O) groups is 1. The summed E-state index contributed by atoms with van der Waals surface area (Å²) in [5, 5.41) is 13.3. The summed E-state index contributed by atoms with van der Waals surface area (Å²) in [6, 6.07) is 0. The van der Waals surface area contributed by atoms with E-state index in [1.165, 1.54) is 12.8 Å². The predicted molar refractivity (Wildman–Crippen MR) is 73.9 cm³/mol. The lowest BCUT2D eigenvalue weighted by molar-refractivity contribution is -0.123. The molecule has 2 fully saturated rings. The average Bonchev–Trinajstić information content (AvgIpc) is 2.83. The fraction of sp³-hybridized carbons (Fsp3) is 0.933. The standard InChI is InChI=1S/C15H27NO3/c17-14(8-7-13-6-5-11-19-13)16-12-15(18)9-3-1-2-4-10-15/h13,18H,1-12H2,(H,16,17). The molecule has 1 saturated carbocycles. The monoisotopic (exact) mass is 269 g/mol. The van der Waals surface area contributed by atoms with Gasteiger partial charge in [-0.05, 0) is 32.1 Å². The molecule has 110 valence electrons. The van der Waals surface area contributed by atoms with Crippen molar-refractivity contribution in [2.75, 3.05) is 13.2 Å². The molecule has 1 atom stereocenters. The largest absolute Gasteiger partial charge is 0.388 e. The molecular weight excluding hydrogens is 242 g/mol. The van der Waals surface area contributed by atoms with Gasteiger partial charge >= 0.3 is 0 Å². The molecule has 1 heterocycles. The van der Waals surface area contributed by atoms with Crippen LogP contribution in [0.15, 0.2) is 0 Å². The highest BCUT2D eigenvalue weighted by Crippen LogP contribution is 2.26. The quantitative estimate of drug-likeness (QED) is 0.752. The molecule has 0 aromatic rings. The van der Waals surface area contributed by atoms with Gasteiger partial charge < -0.3 is 15.2 Å². The number of hydrogen-bond acceptors (Lipinski definition) is 3. The first-order valence-electron chi connectivity index (χ1n) is 7.79. The Morgan fingerprint density at radius 2 is 1.95 bits per heavy atom. The van der Waals surface area contributed by atoms with Gasteiger partial charge in [-0.3, -0.25) is 4.79 Å². The summed E-state index contributed by atoms with van der Waals surface area (Å²) in [5.74, 6) is 0.0492. The maximum atomic E-state index is 11.8. The van der Waals surface area contributed by atoms with Crippen molar-refractivity contribution in [1.29, 1.82) is 0 Å². The molecule has 1 aliphatic carbocycles. The minimum Gasteiger partial charge on any atom is -0.388 e. The van der Waals surface area contributed by atoms with Crippen molar-refractivity contribution >= 4 is 5.91 Å². The van der Waals surface area contributed by atoms with Gasteiger partial charge in [0.15, 0.2) is 0 Å². The zero-order valence-electron chi connectivity index (χ0n) is 11.8. The Morgan fingerprint density at radius 1 is 1.21 bits per heavy atom. The third-order valence-corrected chi connectivity index (χ3v) is 4.37. The van der Waals surface area contributed by atoms with Crippen LogP contribution in [0.25, 0.3) is 0 Å². The molecule has 1 saturated heterocycles. The number of carbonyl (C=O) groups excluding carboxylic acids is 1. The molecule has 0 bridgehead atoms. The van der Waals surface area contributed by atoms with Crippen LogP contribution in [0.2, 0.25) is 0 Å². The second kappa shape index (κ2) is 7.25. The van der Waals surface area contributed by atoms with Gasteiger partial charge in [-0.25, -0.2) is 0 Å². The van der Waals surface area contributed by atoms with Gasteiger partial charge in [0.05, 0.1) is 11.7 Å². The van der Waals surface area contributed by atoms with Crippen molar-refractivity contribution in [3.05, 3.63) is 0 Å². The molecule has 1 amide bonds. The summed E-state index contributed by atoms with van der Waals surface area (Å²) < 4.78 is 5.50. The summed E-state index contributed by atoms with van der Waals surface area (Å²) in [7, 11) is 0. The number of ether oxygens (including phenoxy) is 1. The van der Waals surface area contributed by atoms with Crippen LogP contribution < -0.4 is 5.32 Å². The smallest absolute Gasteiger partial charge is 0.220 e. The van der Waals surface area contributed by atoms with E-state index in [-0.39, 0.29) is 12.0 Å². The van der Waals surface area contributed by atoms with Crippen LogP contribution in [0.3, 0.4) is 0 Å². The van der Waals surface area contributed by atoms with Gasteiger partial charge in [0, 0.05) is 19.6 Å². The van der Waals surface area contributed by atoms with Crippen LogP contribution >= 0.6 is 0 Å². The van der Waals surface area contributed by atoms with Crippen molar-refractivity contribution < 1.29 is 14.6 Å². The van der Waals surface area contributed by atoms with Crippen molar-refractivity contribution in [1.82, 2.24) is 5.32 Å². The molecular formula is C15H27NO3. The number of nitrogens with one attached hydrogen (secondary N) is 1. The molecule has 19 heavy (non-hydrogen) atoms. The fourth-order valence-corrected chi connectivity index (χ4v) is 3.08. The maximum absolute atomic E-state index is 11.8. The lowest BCUT2D eigenvalue weighted by Crippen LogP contribution is -2.42. The summed E-state index contributed by atoms with van der Waals surface area (Å²) in [6.45, 7) is 1.25. The molecule has 4 heteroatoms. The van der Waals surface area contributed by atoms with Crippen molar-refractivity contribution in [2.24, 2.45) is 0 Å². The minimum atomic E-state index is -0.671. The summed E-state index contributed by atoms with van der Waals surface area (Å²) in [4.78, 5) is 11.8. The van der Waals surface area contributed by atoms with Crippen LogP contribution in [-0.2, 0) is 9.53 Å². The Kier molecular flexibility index (Phi) is 5.64. The highest BCUT2D eigenvalue weighted by molar-refractivity contribution is 5.75. The zero-order chi connectivity index (χ0) is 13.6. The third-order valence-electron chi connectivity index (χ3n) is 4.37. The van der Waals surface area contributed by atoms with E-state index >= 15 is 0 Å². The fourth-order valence-electron chi connectivity index (χ4n) is 3.08. The van der Waals surface area contributed by atoms with Crippen LogP contribution in [0.5, 0.6) is 0 Å². The first-order chi connectivity index (χ1) is 9.18. The summed E-state index contributed by atoms with van der Waals surface area (Å²) in [5.41, 5.74) is -0.671. The van der Waals surface area contributed by atoms with E-state index < -0.39 is 5.60 Å². The highest BCUT2D eigenvalue weighted by Gasteiger charge is 2.28. The van der Waals surface area contributed by atoms with Crippen LogP contribution in [-0.4, -0.2) is 35.9 Å². The van der Waals surface area contributed by atoms with Gasteiger partial charge in [-0.2, -0.15) is 0 Å². The van der Waals surface area contributed by atoms with Crippen molar-refractivity contribution in [3.8, 4) is 0 Å². The van der Waals surface area contributed by atoms with Gasteiger partial charge in [-0.15, -0.1) is 0 Å². The van der Waals surface area contributed by atoms with E-state index in [0.717, 1.165) is 51.6 Å². The molecule has 2 aliphatic rings. The maximum Gasteiger partial charge on any atom is 0.220 e. The zero-order valence-corrected chi connectivity index (χ0v) is 11.8. The molecule has 0 radical (unpaired) electrons. The van der Waals surface area contributed by atoms with E-state index in [9.17, 15) is 9.90 Å². The number of amides is 1. The number of aliphatic hydroxyl groups is 1. The van der Waals surface area contributed by atoms with Crippen LogP contribution in [0.1, 0.15) is 64.2 Å². The molecule has 4 nitrogen and oxygen atoms in total. The molecule has 1 aliphatic heterocycles. The van der Waals surface area contributed by atoms with Crippen LogP contribution in [0.4, 0.5) is 0 Å². The first-order valence-corrected chi connectivity index (χ1v) is 7.79. The molecule has 0 aromatic heterocycles. The van der Waals surface area contributed by atoms with E-state index in [1.54, 1.807) is 0 Å². The average molecular weight is 269 g/mol. The van der Waals surface area contributed by atoms with Crippen molar-refractivity contribution in [2.45, 2.75) is 75.9 Å². The Morgan fingerprint density at radius 3 is 2.58 bits per heavy atom. The number of rotatable bonds is 5. The highest BCUT2D eigenvalue weighted by atomic mass is 16.5. The Balaban J connectivity index is 1.64. The second-order valence-electron chi connectivity index (χ2n) is 6.09. The van der Waals surface area contributed by atoms with Gasteiger partial charge in [-0.1, -0.05) is 25.7 Å². The first kappa shape index (κ1) is 14.8. The summed E-state index contributed by atoms with van der Waals surface area (Å²) >= 11 is 0. The molecule has 1 unspecified atom stereocenters.